The number of anilines is 1. The lowest BCUT2D eigenvalue weighted by Gasteiger charge is -2.29. The van der Waals surface area contributed by atoms with E-state index in [0.717, 1.165) is 21.4 Å². The molecule has 1 aliphatic heterocycles. The number of nitrogens with zero attached hydrogens (tertiary/aromatic N) is 2. The zero-order chi connectivity index (χ0) is 25.4. The van der Waals surface area contributed by atoms with Crippen molar-refractivity contribution < 1.29 is 23.9 Å². The summed E-state index contributed by atoms with van der Waals surface area (Å²) >= 11 is 5.22. The van der Waals surface area contributed by atoms with Gasteiger partial charge in [0.05, 0.1) is 11.3 Å². The molecular formula is C27H18FN3O4S. The molecule has 1 aromatic heterocycles. The van der Waals surface area contributed by atoms with Crippen LogP contribution >= 0.6 is 12.2 Å². The zero-order valence-corrected chi connectivity index (χ0v) is 19.5. The highest BCUT2D eigenvalue weighted by Crippen LogP contribution is 2.27. The summed E-state index contributed by atoms with van der Waals surface area (Å²) < 4.78 is 15.3. The SMILES string of the molecule is O=C1NC(=S)N(c2cccc(C(=O)O)c2)C(=O)C1=Cc1cn(Cc2ccc(F)cc2)c2ccccc12. The number of hydrogen-bond acceptors (Lipinski definition) is 4. The number of carbonyl (C=O) groups excluding carboxylic acids is 2. The van der Waals surface area contributed by atoms with E-state index in [-0.39, 0.29) is 27.8 Å². The van der Waals surface area contributed by atoms with E-state index in [1.807, 2.05) is 35.0 Å². The van der Waals surface area contributed by atoms with Gasteiger partial charge in [-0.1, -0.05) is 36.4 Å². The Bertz CT molecular complexity index is 1590. The molecule has 0 aliphatic carbocycles. The number of amides is 2. The van der Waals surface area contributed by atoms with Gasteiger partial charge in [-0.25, -0.2) is 9.18 Å². The number of hydrogen-bond donors (Lipinski definition) is 2. The third-order valence-corrected chi connectivity index (χ3v) is 6.12. The fourth-order valence-electron chi connectivity index (χ4n) is 4.13. The van der Waals surface area contributed by atoms with Crippen LogP contribution in [0.3, 0.4) is 0 Å². The first-order valence-electron chi connectivity index (χ1n) is 10.9. The van der Waals surface area contributed by atoms with Crippen LogP contribution in [0.1, 0.15) is 21.5 Å². The van der Waals surface area contributed by atoms with E-state index in [1.54, 1.807) is 18.2 Å². The highest BCUT2D eigenvalue weighted by molar-refractivity contribution is 7.80. The monoisotopic (exact) mass is 499 g/mol. The number of rotatable bonds is 5. The van der Waals surface area contributed by atoms with Crippen molar-refractivity contribution in [1.29, 1.82) is 0 Å². The van der Waals surface area contributed by atoms with Crippen LogP contribution in [0, 0.1) is 5.82 Å². The number of benzene rings is 3. The summed E-state index contributed by atoms with van der Waals surface area (Å²) in [6.45, 7) is 0.461. The van der Waals surface area contributed by atoms with Gasteiger partial charge in [0.2, 0.25) is 0 Å². The minimum absolute atomic E-state index is 0.0191. The number of fused-ring (bicyclic) bond motifs is 1. The number of aromatic nitrogens is 1. The van der Waals surface area contributed by atoms with Crippen LogP contribution < -0.4 is 10.2 Å². The predicted molar refractivity (Wildman–Crippen MR) is 137 cm³/mol. The first kappa shape index (κ1) is 23.1. The smallest absolute Gasteiger partial charge is 0.335 e. The molecule has 1 saturated heterocycles. The largest absolute Gasteiger partial charge is 0.478 e. The molecule has 0 atom stereocenters. The number of carbonyl (C=O) groups is 3. The van der Waals surface area contributed by atoms with Crippen LogP contribution in [0.15, 0.2) is 84.6 Å². The maximum Gasteiger partial charge on any atom is 0.335 e. The van der Waals surface area contributed by atoms with Gasteiger partial charge in [0.1, 0.15) is 11.4 Å². The second kappa shape index (κ2) is 9.20. The number of halogens is 1. The topological polar surface area (TPSA) is 91.6 Å². The third kappa shape index (κ3) is 4.27. The number of carboxylic acids is 1. The highest BCUT2D eigenvalue weighted by atomic mass is 32.1. The summed E-state index contributed by atoms with van der Waals surface area (Å²) in [6, 6.07) is 19.5. The highest BCUT2D eigenvalue weighted by Gasteiger charge is 2.35. The molecule has 1 fully saturated rings. The lowest BCUT2D eigenvalue weighted by atomic mass is 10.1. The zero-order valence-electron chi connectivity index (χ0n) is 18.6. The summed E-state index contributed by atoms with van der Waals surface area (Å²) in [7, 11) is 0. The van der Waals surface area contributed by atoms with Crippen molar-refractivity contribution in [2.24, 2.45) is 0 Å². The van der Waals surface area contributed by atoms with Crippen molar-refractivity contribution in [3.8, 4) is 0 Å². The summed E-state index contributed by atoms with van der Waals surface area (Å²) in [5, 5.41) is 12.5. The van der Waals surface area contributed by atoms with Crippen LogP contribution in [0.4, 0.5) is 10.1 Å². The molecule has 9 heteroatoms. The van der Waals surface area contributed by atoms with Gasteiger partial charge in [-0.3, -0.25) is 19.8 Å². The van der Waals surface area contributed by atoms with Crippen molar-refractivity contribution in [3.63, 3.8) is 0 Å². The third-order valence-electron chi connectivity index (χ3n) is 5.84. The molecule has 0 spiro atoms. The molecular weight excluding hydrogens is 481 g/mol. The normalized spacial score (nSPS) is 15.0. The Morgan fingerprint density at radius 3 is 2.53 bits per heavy atom. The average Bonchev–Trinajstić information content (AvgIpc) is 3.20. The van der Waals surface area contributed by atoms with E-state index in [4.69, 9.17) is 12.2 Å². The Kier molecular flexibility index (Phi) is 5.91. The Labute approximate surface area is 210 Å². The molecule has 2 heterocycles. The number of aromatic carboxylic acids is 1. The van der Waals surface area contributed by atoms with Crippen molar-refractivity contribution in [2.75, 3.05) is 4.90 Å². The van der Waals surface area contributed by atoms with Crippen LogP contribution in [0.2, 0.25) is 0 Å². The van der Waals surface area contributed by atoms with E-state index in [9.17, 15) is 23.9 Å². The fraction of sp³-hybridized carbons (Fsp3) is 0.0370. The molecule has 2 amide bonds. The summed E-state index contributed by atoms with van der Waals surface area (Å²) in [5.74, 6) is -2.78. The van der Waals surface area contributed by atoms with E-state index in [1.165, 1.54) is 36.4 Å². The van der Waals surface area contributed by atoms with Gasteiger partial charge in [-0.15, -0.1) is 0 Å². The molecule has 178 valence electrons. The van der Waals surface area contributed by atoms with Gasteiger partial charge in [-0.05, 0) is 60.3 Å². The van der Waals surface area contributed by atoms with Gasteiger partial charge < -0.3 is 9.67 Å². The minimum atomic E-state index is -1.15. The minimum Gasteiger partial charge on any atom is -0.478 e. The maximum atomic E-state index is 13.4. The van der Waals surface area contributed by atoms with Gasteiger partial charge in [0.25, 0.3) is 11.8 Å². The van der Waals surface area contributed by atoms with E-state index >= 15 is 0 Å². The molecule has 0 radical (unpaired) electrons. The van der Waals surface area contributed by atoms with Gasteiger partial charge in [0, 0.05) is 29.2 Å². The molecule has 0 unspecified atom stereocenters. The molecule has 2 N–H and O–H groups in total. The fourth-order valence-corrected chi connectivity index (χ4v) is 4.41. The number of carboxylic acid groups (broad SMARTS) is 1. The van der Waals surface area contributed by atoms with Crippen LogP contribution in [-0.4, -0.2) is 32.6 Å². The van der Waals surface area contributed by atoms with Gasteiger partial charge >= 0.3 is 5.97 Å². The second-order valence-electron chi connectivity index (χ2n) is 8.17. The predicted octanol–water partition coefficient (Wildman–Crippen LogP) is 4.36. The summed E-state index contributed by atoms with van der Waals surface area (Å²) in [4.78, 5) is 38.7. The van der Waals surface area contributed by atoms with E-state index in [2.05, 4.69) is 5.32 Å². The average molecular weight is 500 g/mol. The maximum absolute atomic E-state index is 13.4. The van der Waals surface area contributed by atoms with Crippen LogP contribution in [0.25, 0.3) is 17.0 Å². The van der Waals surface area contributed by atoms with Crippen molar-refractivity contribution >= 4 is 57.8 Å². The lowest BCUT2D eigenvalue weighted by molar-refractivity contribution is -0.122. The molecule has 4 aromatic rings. The molecule has 3 aromatic carbocycles. The Hall–Kier alpha value is -4.63. The lowest BCUT2D eigenvalue weighted by Crippen LogP contribution is -2.54. The Morgan fingerprint density at radius 1 is 1.03 bits per heavy atom. The first-order chi connectivity index (χ1) is 17.3. The standard InChI is InChI=1S/C27H18FN3O4S/c28-19-10-8-16(9-11-19)14-30-15-18(21-6-1-2-7-23(21)30)13-22-24(32)29-27(36)31(25(22)33)20-5-3-4-17(12-20)26(34)35/h1-13,15H,14H2,(H,34,35)(H,29,32,36). The molecule has 0 bridgehead atoms. The number of nitrogens with one attached hydrogen (secondary N) is 1. The first-order valence-corrected chi connectivity index (χ1v) is 11.3. The Balaban J connectivity index is 1.56. The van der Waals surface area contributed by atoms with Crippen LogP contribution in [0.5, 0.6) is 0 Å². The molecule has 1 aliphatic rings. The molecule has 0 saturated carbocycles. The van der Waals surface area contributed by atoms with Crippen molar-refractivity contribution in [3.05, 3.63) is 107 Å². The summed E-state index contributed by atoms with van der Waals surface area (Å²) in [6.07, 6.45) is 3.32. The van der Waals surface area contributed by atoms with Gasteiger partial charge in [-0.2, -0.15) is 0 Å². The number of para-hydroxylation sites is 1. The van der Waals surface area contributed by atoms with E-state index in [0.29, 0.717) is 12.1 Å². The summed E-state index contributed by atoms with van der Waals surface area (Å²) in [5.41, 5.74) is 2.47. The number of thiocarbonyl (C=S) groups is 1. The Morgan fingerprint density at radius 2 is 1.78 bits per heavy atom. The molecule has 36 heavy (non-hydrogen) atoms. The second-order valence-corrected chi connectivity index (χ2v) is 8.56. The molecule has 5 rings (SSSR count). The van der Waals surface area contributed by atoms with Gasteiger partial charge in [0.15, 0.2) is 5.11 Å². The van der Waals surface area contributed by atoms with Crippen LogP contribution in [-0.2, 0) is 16.1 Å². The molecule has 7 nitrogen and oxygen atoms in total. The quantitative estimate of drug-likeness (QED) is 0.242. The van der Waals surface area contributed by atoms with E-state index < -0.39 is 17.8 Å². The van der Waals surface area contributed by atoms with Crippen molar-refractivity contribution in [1.82, 2.24) is 9.88 Å². The van der Waals surface area contributed by atoms with Crippen molar-refractivity contribution in [2.45, 2.75) is 6.54 Å².